The molecule has 0 amide bonds. The second-order valence-electron chi connectivity index (χ2n) is 3.82. The van der Waals surface area contributed by atoms with Crippen molar-refractivity contribution in [3.05, 3.63) is 30.4 Å². The summed E-state index contributed by atoms with van der Waals surface area (Å²) in [6.07, 6.45) is 4.50. The average Bonchev–Trinajstić information content (AvgIpc) is 2.62. The van der Waals surface area contributed by atoms with Crippen LogP contribution in [0.1, 0.15) is 5.82 Å². The first-order chi connectivity index (χ1) is 7.93. The van der Waals surface area contributed by atoms with E-state index in [1.165, 1.54) is 0 Å². The quantitative estimate of drug-likeness (QED) is 0.752. The fourth-order valence-corrected chi connectivity index (χ4v) is 1.87. The van der Waals surface area contributed by atoms with Crippen molar-refractivity contribution < 1.29 is 0 Å². The summed E-state index contributed by atoms with van der Waals surface area (Å²) in [6, 6.07) is 3.89. The maximum Gasteiger partial charge on any atom is 0.182 e. The first-order valence-corrected chi connectivity index (χ1v) is 5.48. The molecule has 0 aromatic carbocycles. The molecule has 5 heteroatoms. The zero-order chi connectivity index (χ0) is 10.8. The van der Waals surface area contributed by atoms with Crippen LogP contribution in [0, 0.1) is 0 Å². The number of hydrogen-bond acceptors (Lipinski definition) is 4. The lowest BCUT2D eigenvalue weighted by Gasteiger charge is -1.97. The molecule has 0 saturated heterocycles. The van der Waals surface area contributed by atoms with Gasteiger partial charge in [0, 0.05) is 37.5 Å². The molecule has 82 valence electrons. The Kier molecular flexibility index (Phi) is 2.38. The molecule has 3 heterocycles. The molecular formula is C11H13N5. The molecule has 5 nitrogen and oxygen atoms in total. The van der Waals surface area contributed by atoms with Crippen molar-refractivity contribution in [1.82, 2.24) is 25.1 Å². The van der Waals surface area contributed by atoms with Crippen molar-refractivity contribution in [3.8, 4) is 11.4 Å². The Morgan fingerprint density at radius 1 is 1.31 bits per heavy atom. The lowest BCUT2D eigenvalue weighted by Crippen LogP contribution is -2.17. The Hall–Kier alpha value is -1.75. The van der Waals surface area contributed by atoms with Gasteiger partial charge < -0.3 is 5.32 Å². The Bertz CT molecular complexity index is 453. The molecule has 16 heavy (non-hydrogen) atoms. The fraction of sp³-hybridized carbons (Fsp3) is 0.364. The Morgan fingerprint density at radius 2 is 2.31 bits per heavy atom. The van der Waals surface area contributed by atoms with Crippen LogP contribution in [0.2, 0.25) is 0 Å². The topological polar surface area (TPSA) is 55.6 Å². The fourth-order valence-electron chi connectivity index (χ4n) is 1.87. The van der Waals surface area contributed by atoms with Crippen molar-refractivity contribution in [1.29, 1.82) is 0 Å². The van der Waals surface area contributed by atoms with E-state index in [9.17, 15) is 0 Å². The Balaban J connectivity index is 1.98. The van der Waals surface area contributed by atoms with Crippen LogP contribution in [-0.4, -0.2) is 32.8 Å². The highest BCUT2D eigenvalue weighted by atomic mass is 15.4. The van der Waals surface area contributed by atoms with E-state index in [1.54, 1.807) is 12.4 Å². The molecule has 1 aliphatic heterocycles. The van der Waals surface area contributed by atoms with Crippen LogP contribution in [0.5, 0.6) is 0 Å². The molecule has 0 aliphatic carbocycles. The third-order valence-electron chi connectivity index (χ3n) is 2.69. The predicted molar refractivity (Wildman–Crippen MR) is 59.8 cm³/mol. The zero-order valence-electron chi connectivity index (χ0n) is 8.93. The number of aromatic nitrogens is 4. The minimum atomic E-state index is 0.782. The minimum absolute atomic E-state index is 0.782. The summed E-state index contributed by atoms with van der Waals surface area (Å²) in [5, 5.41) is 7.83. The van der Waals surface area contributed by atoms with Gasteiger partial charge in [-0.15, -0.1) is 0 Å². The van der Waals surface area contributed by atoms with Gasteiger partial charge in [-0.25, -0.2) is 9.67 Å². The zero-order valence-corrected chi connectivity index (χ0v) is 8.93. The third kappa shape index (κ3) is 1.69. The van der Waals surface area contributed by atoms with Crippen molar-refractivity contribution in [2.75, 3.05) is 13.1 Å². The van der Waals surface area contributed by atoms with E-state index in [1.807, 2.05) is 16.8 Å². The van der Waals surface area contributed by atoms with Crippen molar-refractivity contribution >= 4 is 0 Å². The second-order valence-corrected chi connectivity index (χ2v) is 3.82. The summed E-state index contributed by atoms with van der Waals surface area (Å²) in [4.78, 5) is 8.64. The lowest BCUT2D eigenvalue weighted by atomic mass is 10.3. The maximum absolute atomic E-state index is 4.55. The van der Waals surface area contributed by atoms with E-state index in [-0.39, 0.29) is 0 Å². The molecule has 0 fully saturated rings. The maximum atomic E-state index is 4.55. The normalized spacial score (nSPS) is 15.5. The van der Waals surface area contributed by atoms with Gasteiger partial charge in [0.2, 0.25) is 0 Å². The van der Waals surface area contributed by atoms with E-state index < -0.39 is 0 Å². The van der Waals surface area contributed by atoms with Crippen LogP contribution < -0.4 is 5.32 Å². The molecule has 0 unspecified atom stereocenters. The smallest absolute Gasteiger partial charge is 0.182 e. The van der Waals surface area contributed by atoms with Gasteiger partial charge in [0.25, 0.3) is 0 Å². The molecule has 1 N–H and O–H groups in total. The van der Waals surface area contributed by atoms with Gasteiger partial charge in [0.05, 0.1) is 6.54 Å². The number of fused-ring (bicyclic) bond motifs is 1. The number of nitrogens with zero attached hydrogens (tertiary/aromatic N) is 4. The van der Waals surface area contributed by atoms with Crippen LogP contribution >= 0.6 is 0 Å². The van der Waals surface area contributed by atoms with Crippen LogP contribution in [0.4, 0.5) is 0 Å². The Labute approximate surface area is 93.5 Å². The van der Waals surface area contributed by atoms with E-state index in [0.29, 0.717) is 0 Å². The number of nitrogens with one attached hydrogen (secondary N) is 1. The number of pyridine rings is 1. The number of hydrogen-bond donors (Lipinski definition) is 1. The first-order valence-electron chi connectivity index (χ1n) is 5.48. The van der Waals surface area contributed by atoms with Crippen molar-refractivity contribution in [2.45, 2.75) is 13.0 Å². The van der Waals surface area contributed by atoms with E-state index >= 15 is 0 Å². The van der Waals surface area contributed by atoms with Crippen molar-refractivity contribution in [2.24, 2.45) is 0 Å². The highest BCUT2D eigenvalue weighted by Crippen LogP contribution is 2.14. The van der Waals surface area contributed by atoms with Gasteiger partial charge in [-0.05, 0) is 12.1 Å². The highest BCUT2D eigenvalue weighted by molar-refractivity contribution is 5.52. The van der Waals surface area contributed by atoms with Gasteiger partial charge in [0.15, 0.2) is 5.82 Å². The molecule has 0 bridgehead atoms. The van der Waals surface area contributed by atoms with Crippen LogP contribution in [0.25, 0.3) is 11.4 Å². The van der Waals surface area contributed by atoms with Gasteiger partial charge in [-0.1, -0.05) is 0 Å². The largest absolute Gasteiger partial charge is 0.314 e. The highest BCUT2D eigenvalue weighted by Gasteiger charge is 2.13. The summed E-state index contributed by atoms with van der Waals surface area (Å²) >= 11 is 0. The third-order valence-corrected chi connectivity index (χ3v) is 2.69. The average molecular weight is 215 g/mol. The van der Waals surface area contributed by atoms with E-state index in [4.69, 9.17) is 0 Å². The summed E-state index contributed by atoms with van der Waals surface area (Å²) in [6.45, 7) is 2.83. The lowest BCUT2D eigenvalue weighted by molar-refractivity contribution is 0.589. The van der Waals surface area contributed by atoms with Gasteiger partial charge in [-0.3, -0.25) is 4.98 Å². The van der Waals surface area contributed by atoms with Crippen LogP contribution in [0.3, 0.4) is 0 Å². The van der Waals surface area contributed by atoms with Gasteiger partial charge >= 0.3 is 0 Å². The van der Waals surface area contributed by atoms with Crippen molar-refractivity contribution in [3.63, 3.8) is 0 Å². The molecule has 0 atom stereocenters. The molecular weight excluding hydrogens is 202 g/mol. The molecule has 0 radical (unpaired) electrons. The summed E-state index contributed by atoms with van der Waals surface area (Å²) in [5.41, 5.74) is 0.982. The minimum Gasteiger partial charge on any atom is -0.314 e. The summed E-state index contributed by atoms with van der Waals surface area (Å²) in [7, 11) is 0. The molecule has 0 spiro atoms. The molecule has 0 saturated carbocycles. The van der Waals surface area contributed by atoms with Gasteiger partial charge in [0.1, 0.15) is 5.82 Å². The van der Waals surface area contributed by atoms with E-state index in [2.05, 4.69) is 20.4 Å². The van der Waals surface area contributed by atoms with Gasteiger partial charge in [-0.2, -0.15) is 5.10 Å². The SMILES string of the molecule is c1cncc(-c2nc3n(n2)CCNCC3)c1. The second kappa shape index (κ2) is 4.02. The van der Waals surface area contributed by atoms with E-state index in [0.717, 1.165) is 43.3 Å². The van der Waals surface area contributed by atoms with Crippen LogP contribution in [0.15, 0.2) is 24.5 Å². The monoisotopic (exact) mass is 215 g/mol. The predicted octanol–water partition coefficient (Wildman–Crippen LogP) is 0.486. The molecule has 2 aromatic heterocycles. The molecule has 1 aliphatic rings. The van der Waals surface area contributed by atoms with Crippen LogP contribution in [-0.2, 0) is 13.0 Å². The molecule has 2 aromatic rings. The molecule has 3 rings (SSSR count). The first kappa shape index (κ1) is 9.47. The number of rotatable bonds is 1. The standard InChI is InChI=1S/C11H13N5/c1-2-9(8-13-4-1)11-14-10-3-5-12-6-7-16(10)15-11/h1-2,4,8,12H,3,5-7H2. The Morgan fingerprint density at radius 3 is 3.19 bits per heavy atom. The summed E-state index contributed by atoms with van der Waals surface area (Å²) < 4.78 is 1.99. The summed E-state index contributed by atoms with van der Waals surface area (Å²) in [5.74, 6) is 1.84.